The van der Waals surface area contributed by atoms with E-state index in [-0.39, 0.29) is 11.8 Å². The monoisotopic (exact) mass is 260 g/mol. The Morgan fingerprint density at radius 1 is 1.11 bits per heavy atom. The third kappa shape index (κ3) is 2.11. The van der Waals surface area contributed by atoms with Crippen molar-refractivity contribution in [1.82, 2.24) is 0 Å². The molecule has 3 unspecified atom stereocenters. The van der Waals surface area contributed by atoms with Gasteiger partial charge in [-0.2, -0.15) is 0 Å². The predicted molar refractivity (Wildman–Crippen MR) is 67.7 cm³/mol. The van der Waals surface area contributed by atoms with Gasteiger partial charge in [0.15, 0.2) is 0 Å². The van der Waals surface area contributed by atoms with E-state index in [4.69, 9.17) is 5.11 Å². The van der Waals surface area contributed by atoms with Gasteiger partial charge in [-0.25, -0.2) is 0 Å². The van der Waals surface area contributed by atoms with Gasteiger partial charge < -0.3 is 10.2 Å². The Hall–Kier alpha value is -1.84. The van der Waals surface area contributed by atoms with E-state index in [1.165, 1.54) is 11.1 Å². The van der Waals surface area contributed by atoms with E-state index < -0.39 is 23.8 Å². The molecule has 0 radical (unpaired) electrons. The summed E-state index contributed by atoms with van der Waals surface area (Å²) >= 11 is 0. The Morgan fingerprint density at radius 3 is 2.11 bits per heavy atom. The van der Waals surface area contributed by atoms with Crippen molar-refractivity contribution in [1.29, 1.82) is 0 Å². The summed E-state index contributed by atoms with van der Waals surface area (Å²) in [5, 5.41) is 18.4. The second kappa shape index (κ2) is 4.37. The van der Waals surface area contributed by atoms with Gasteiger partial charge in [0.25, 0.3) is 0 Å². The molecule has 0 spiro atoms. The molecule has 0 heterocycles. The van der Waals surface area contributed by atoms with Crippen molar-refractivity contribution in [3.05, 3.63) is 35.4 Å². The molecule has 0 amide bonds. The van der Waals surface area contributed by atoms with E-state index in [0.717, 1.165) is 12.8 Å². The topological polar surface area (TPSA) is 74.6 Å². The average Bonchev–Trinajstić information content (AvgIpc) is 3.01. The van der Waals surface area contributed by atoms with Crippen LogP contribution in [0.5, 0.6) is 0 Å². The van der Waals surface area contributed by atoms with Crippen LogP contribution < -0.4 is 0 Å². The highest BCUT2D eigenvalue weighted by molar-refractivity contribution is 5.78. The van der Waals surface area contributed by atoms with Crippen LogP contribution in [0.25, 0.3) is 0 Å². The molecule has 0 aliphatic heterocycles. The van der Waals surface area contributed by atoms with Crippen molar-refractivity contribution in [3.8, 4) is 0 Å². The van der Waals surface area contributed by atoms with Gasteiger partial charge in [0.2, 0.25) is 0 Å². The van der Waals surface area contributed by atoms with E-state index >= 15 is 0 Å². The maximum absolute atomic E-state index is 11.5. The molecular formula is C15H16O4. The number of carboxylic acids is 2. The number of hydrogen-bond donors (Lipinski definition) is 2. The average molecular weight is 260 g/mol. The SMILES string of the molecule is O=C(O)C1CC1C(C(=O)O)C1Cc2ccccc2C1. The summed E-state index contributed by atoms with van der Waals surface area (Å²) in [4.78, 5) is 22.4. The van der Waals surface area contributed by atoms with Gasteiger partial charge in [-0.1, -0.05) is 24.3 Å². The van der Waals surface area contributed by atoms with Gasteiger partial charge in [0, 0.05) is 0 Å². The first kappa shape index (κ1) is 12.2. The Balaban J connectivity index is 1.78. The van der Waals surface area contributed by atoms with Gasteiger partial charge in [-0.05, 0) is 42.2 Å². The van der Waals surface area contributed by atoms with Crippen LogP contribution in [0.3, 0.4) is 0 Å². The summed E-state index contributed by atoms with van der Waals surface area (Å²) < 4.78 is 0. The molecule has 2 aliphatic carbocycles. The van der Waals surface area contributed by atoms with Crippen molar-refractivity contribution < 1.29 is 19.8 Å². The first-order valence-corrected chi connectivity index (χ1v) is 6.60. The fourth-order valence-electron chi connectivity index (χ4n) is 3.48. The number of hydrogen-bond acceptors (Lipinski definition) is 2. The summed E-state index contributed by atoms with van der Waals surface area (Å²) in [5.74, 6) is -2.81. The van der Waals surface area contributed by atoms with Crippen molar-refractivity contribution in [3.63, 3.8) is 0 Å². The van der Waals surface area contributed by atoms with Crippen LogP contribution in [-0.4, -0.2) is 22.2 Å². The summed E-state index contributed by atoms with van der Waals surface area (Å²) in [5.41, 5.74) is 2.43. The van der Waals surface area contributed by atoms with Crippen molar-refractivity contribution in [2.45, 2.75) is 19.3 Å². The lowest BCUT2D eigenvalue weighted by atomic mass is 9.85. The van der Waals surface area contributed by atoms with Gasteiger partial charge in [0.05, 0.1) is 11.8 Å². The Morgan fingerprint density at radius 2 is 1.68 bits per heavy atom. The maximum Gasteiger partial charge on any atom is 0.307 e. The van der Waals surface area contributed by atoms with E-state index in [1.54, 1.807) is 0 Å². The number of benzene rings is 1. The first-order valence-electron chi connectivity index (χ1n) is 6.60. The molecule has 1 aromatic carbocycles. The highest BCUT2D eigenvalue weighted by atomic mass is 16.4. The minimum atomic E-state index is -0.855. The molecule has 0 aromatic heterocycles. The van der Waals surface area contributed by atoms with Crippen LogP contribution in [0.4, 0.5) is 0 Å². The number of carboxylic acid groups (broad SMARTS) is 2. The molecule has 0 saturated heterocycles. The van der Waals surface area contributed by atoms with Crippen LogP contribution in [0, 0.1) is 23.7 Å². The summed E-state index contributed by atoms with van der Waals surface area (Å²) in [6.07, 6.45) is 2.03. The molecule has 2 aliphatic rings. The number of rotatable bonds is 4. The van der Waals surface area contributed by atoms with E-state index in [1.807, 2.05) is 24.3 Å². The van der Waals surface area contributed by atoms with E-state index in [0.29, 0.717) is 6.42 Å². The van der Waals surface area contributed by atoms with Crippen LogP contribution >= 0.6 is 0 Å². The Kier molecular flexibility index (Phi) is 2.81. The predicted octanol–water partition coefficient (Wildman–Crippen LogP) is 1.82. The second-order valence-electron chi connectivity index (χ2n) is 5.65. The smallest absolute Gasteiger partial charge is 0.307 e. The molecule has 0 bridgehead atoms. The fourth-order valence-corrected chi connectivity index (χ4v) is 3.48. The third-order valence-electron chi connectivity index (χ3n) is 4.49. The van der Waals surface area contributed by atoms with Gasteiger partial charge in [-0.15, -0.1) is 0 Å². The lowest BCUT2D eigenvalue weighted by Gasteiger charge is -2.18. The number of fused-ring (bicyclic) bond motifs is 1. The van der Waals surface area contributed by atoms with Gasteiger partial charge in [0.1, 0.15) is 0 Å². The number of aliphatic carboxylic acids is 2. The van der Waals surface area contributed by atoms with Crippen LogP contribution in [0.2, 0.25) is 0 Å². The van der Waals surface area contributed by atoms with E-state index in [2.05, 4.69) is 0 Å². The van der Waals surface area contributed by atoms with E-state index in [9.17, 15) is 14.7 Å². The van der Waals surface area contributed by atoms with Crippen LogP contribution in [0.1, 0.15) is 17.5 Å². The van der Waals surface area contributed by atoms with Gasteiger partial charge in [-0.3, -0.25) is 9.59 Å². The molecule has 2 N–H and O–H groups in total. The lowest BCUT2D eigenvalue weighted by molar-refractivity contribution is -0.145. The first-order chi connectivity index (χ1) is 9.08. The maximum atomic E-state index is 11.5. The second-order valence-corrected chi connectivity index (χ2v) is 5.65. The summed E-state index contributed by atoms with van der Waals surface area (Å²) in [6.45, 7) is 0. The summed E-state index contributed by atoms with van der Waals surface area (Å²) in [7, 11) is 0. The fraction of sp³-hybridized carbons (Fsp3) is 0.467. The standard InChI is InChI=1S/C15H16O4/c16-14(17)12-7-11(12)13(15(18)19)10-5-8-3-1-2-4-9(8)6-10/h1-4,10-13H,5-7H2,(H,16,17)(H,18,19). The minimum absolute atomic E-state index is 0.0456. The largest absolute Gasteiger partial charge is 0.481 e. The molecule has 3 rings (SSSR count). The van der Waals surface area contributed by atoms with Crippen LogP contribution in [0.15, 0.2) is 24.3 Å². The number of carbonyl (C=O) groups is 2. The molecule has 3 atom stereocenters. The molecule has 4 heteroatoms. The molecule has 1 saturated carbocycles. The van der Waals surface area contributed by atoms with Crippen molar-refractivity contribution in [2.75, 3.05) is 0 Å². The molecule has 4 nitrogen and oxygen atoms in total. The minimum Gasteiger partial charge on any atom is -0.481 e. The Bertz CT molecular complexity index is 512. The molecule has 100 valence electrons. The quantitative estimate of drug-likeness (QED) is 0.866. The zero-order valence-corrected chi connectivity index (χ0v) is 10.5. The third-order valence-corrected chi connectivity index (χ3v) is 4.49. The highest BCUT2D eigenvalue weighted by Crippen LogP contribution is 2.49. The Labute approximate surface area is 111 Å². The molecular weight excluding hydrogens is 244 g/mol. The van der Waals surface area contributed by atoms with Crippen molar-refractivity contribution in [2.24, 2.45) is 23.7 Å². The van der Waals surface area contributed by atoms with Gasteiger partial charge >= 0.3 is 11.9 Å². The molecule has 1 fully saturated rings. The summed E-state index contributed by atoms with van der Waals surface area (Å²) in [6, 6.07) is 8.01. The lowest BCUT2D eigenvalue weighted by Crippen LogP contribution is -2.27. The highest BCUT2D eigenvalue weighted by Gasteiger charge is 2.53. The zero-order valence-electron chi connectivity index (χ0n) is 10.5. The van der Waals surface area contributed by atoms with Crippen LogP contribution in [-0.2, 0) is 22.4 Å². The zero-order chi connectivity index (χ0) is 13.6. The molecule has 1 aromatic rings. The molecule has 19 heavy (non-hydrogen) atoms. The van der Waals surface area contributed by atoms with Crippen molar-refractivity contribution >= 4 is 11.9 Å². The normalized spacial score (nSPS) is 26.7.